The second-order valence-electron chi connectivity index (χ2n) is 4.51. The standard InChI is InChI=1S/C11H22N2O3/c1-11(12-2,10(14)15-4)8-13(3)9-5-6-16-7-9/h9,12H,5-8H2,1-4H3. The van der Waals surface area contributed by atoms with Crippen molar-refractivity contribution in [3.05, 3.63) is 0 Å². The summed E-state index contributed by atoms with van der Waals surface area (Å²) in [4.78, 5) is 13.8. The molecule has 2 atom stereocenters. The van der Waals surface area contributed by atoms with E-state index in [-0.39, 0.29) is 5.97 Å². The smallest absolute Gasteiger partial charge is 0.327 e. The average molecular weight is 230 g/mol. The molecule has 0 spiro atoms. The quantitative estimate of drug-likeness (QED) is 0.666. The normalized spacial score (nSPS) is 24.4. The highest BCUT2D eigenvalue weighted by atomic mass is 16.5. The lowest BCUT2D eigenvalue weighted by atomic mass is 10.0. The Morgan fingerprint density at radius 3 is 2.81 bits per heavy atom. The molecule has 16 heavy (non-hydrogen) atoms. The van der Waals surface area contributed by atoms with Gasteiger partial charge in [0.15, 0.2) is 0 Å². The van der Waals surface area contributed by atoms with Crippen LogP contribution in [0.25, 0.3) is 0 Å². The Labute approximate surface area is 97.1 Å². The van der Waals surface area contributed by atoms with E-state index in [1.807, 2.05) is 14.0 Å². The fourth-order valence-electron chi connectivity index (χ4n) is 1.97. The summed E-state index contributed by atoms with van der Waals surface area (Å²) in [5.74, 6) is -0.235. The minimum Gasteiger partial charge on any atom is -0.468 e. The van der Waals surface area contributed by atoms with Gasteiger partial charge in [0.05, 0.1) is 13.7 Å². The maximum atomic E-state index is 11.7. The van der Waals surface area contributed by atoms with E-state index >= 15 is 0 Å². The summed E-state index contributed by atoms with van der Waals surface area (Å²) in [5, 5.41) is 3.03. The molecule has 0 aromatic carbocycles. The van der Waals surface area contributed by atoms with Crippen molar-refractivity contribution in [2.45, 2.75) is 24.9 Å². The van der Waals surface area contributed by atoms with Crippen molar-refractivity contribution >= 4 is 5.97 Å². The molecule has 1 aliphatic rings. The van der Waals surface area contributed by atoms with Crippen LogP contribution >= 0.6 is 0 Å². The van der Waals surface area contributed by atoms with Crippen molar-refractivity contribution in [2.24, 2.45) is 0 Å². The van der Waals surface area contributed by atoms with Crippen LogP contribution in [0.3, 0.4) is 0 Å². The number of nitrogens with one attached hydrogen (secondary N) is 1. The molecule has 1 N–H and O–H groups in total. The Morgan fingerprint density at radius 1 is 1.69 bits per heavy atom. The van der Waals surface area contributed by atoms with Gasteiger partial charge in [-0.3, -0.25) is 9.69 Å². The van der Waals surface area contributed by atoms with Crippen LogP contribution in [0.2, 0.25) is 0 Å². The number of esters is 1. The third-order valence-corrected chi connectivity index (χ3v) is 3.28. The van der Waals surface area contributed by atoms with E-state index in [1.54, 1.807) is 7.05 Å². The zero-order chi connectivity index (χ0) is 12.2. The second kappa shape index (κ2) is 5.61. The van der Waals surface area contributed by atoms with Crippen LogP contribution in [0.5, 0.6) is 0 Å². The summed E-state index contributed by atoms with van der Waals surface area (Å²) in [5.41, 5.74) is -0.661. The number of hydrogen-bond donors (Lipinski definition) is 1. The highest BCUT2D eigenvalue weighted by Gasteiger charge is 2.36. The fourth-order valence-corrected chi connectivity index (χ4v) is 1.97. The van der Waals surface area contributed by atoms with Crippen LogP contribution in [-0.4, -0.2) is 63.4 Å². The molecule has 94 valence electrons. The van der Waals surface area contributed by atoms with Gasteiger partial charge in [-0.15, -0.1) is 0 Å². The molecule has 0 saturated carbocycles. The SMILES string of the molecule is CNC(C)(CN(C)C1CCOC1)C(=O)OC. The van der Waals surface area contributed by atoms with Gasteiger partial charge in [-0.2, -0.15) is 0 Å². The first-order chi connectivity index (χ1) is 7.53. The summed E-state index contributed by atoms with van der Waals surface area (Å²) in [6.07, 6.45) is 1.03. The molecule has 5 nitrogen and oxygen atoms in total. The number of carbonyl (C=O) groups is 1. The summed E-state index contributed by atoms with van der Waals surface area (Å²) in [6.45, 7) is 4.02. The average Bonchev–Trinajstić information content (AvgIpc) is 2.81. The Morgan fingerprint density at radius 2 is 2.38 bits per heavy atom. The van der Waals surface area contributed by atoms with E-state index in [0.717, 1.165) is 19.6 Å². The highest BCUT2D eigenvalue weighted by molar-refractivity contribution is 5.80. The molecule has 1 heterocycles. The predicted molar refractivity (Wildman–Crippen MR) is 61.3 cm³/mol. The lowest BCUT2D eigenvalue weighted by Gasteiger charge is -2.33. The van der Waals surface area contributed by atoms with Crippen LogP contribution in [-0.2, 0) is 14.3 Å². The molecule has 5 heteroatoms. The number of nitrogens with zero attached hydrogens (tertiary/aromatic N) is 1. The summed E-state index contributed by atoms with van der Waals surface area (Å²) in [7, 11) is 5.20. The topological polar surface area (TPSA) is 50.8 Å². The molecular formula is C11H22N2O3. The van der Waals surface area contributed by atoms with Gasteiger partial charge in [-0.05, 0) is 27.4 Å². The van der Waals surface area contributed by atoms with Crippen LogP contribution < -0.4 is 5.32 Å². The number of ether oxygens (including phenoxy) is 2. The minimum absolute atomic E-state index is 0.235. The summed E-state index contributed by atoms with van der Waals surface area (Å²) < 4.78 is 10.1. The van der Waals surface area contributed by atoms with E-state index < -0.39 is 5.54 Å². The van der Waals surface area contributed by atoms with E-state index in [1.165, 1.54) is 7.11 Å². The molecule has 1 rings (SSSR count). The molecule has 1 fully saturated rings. The van der Waals surface area contributed by atoms with Crippen molar-refractivity contribution in [1.29, 1.82) is 0 Å². The Hall–Kier alpha value is -0.650. The second-order valence-corrected chi connectivity index (χ2v) is 4.51. The molecule has 1 aliphatic heterocycles. The van der Waals surface area contributed by atoms with Crippen LogP contribution in [0.4, 0.5) is 0 Å². The molecule has 0 aromatic rings. The molecule has 0 radical (unpaired) electrons. The molecule has 0 amide bonds. The zero-order valence-electron chi connectivity index (χ0n) is 10.6. The predicted octanol–water partition coefficient (Wildman–Crippen LogP) is -0.142. The van der Waals surface area contributed by atoms with Gasteiger partial charge in [0.25, 0.3) is 0 Å². The number of carbonyl (C=O) groups excluding carboxylic acids is 1. The van der Waals surface area contributed by atoms with Gasteiger partial charge >= 0.3 is 5.97 Å². The van der Waals surface area contributed by atoms with Crippen molar-refractivity contribution in [3.8, 4) is 0 Å². The van der Waals surface area contributed by atoms with Crippen LogP contribution in [0.1, 0.15) is 13.3 Å². The van der Waals surface area contributed by atoms with Gasteiger partial charge in [0.1, 0.15) is 5.54 Å². The molecule has 2 unspecified atom stereocenters. The lowest BCUT2D eigenvalue weighted by molar-refractivity contribution is -0.148. The lowest BCUT2D eigenvalue weighted by Crippen LogP contribution is -2.57. The van der Waals surface area contributed by atoms with Crippen LogP contribution in [0.15, 0.2) is 0 Å². The van der Waals surface area contributed by atoms with Gasteiger partial charge in [-0.1, -0.05) is 0 Å². The molecule has 0 aliphatic carbocycles. The summed E-state index contributed by atoms with van der Waals surface area (Å²) >= 11 is 0. The Kier molecular flexibility index (Phi) is 4.70. The van der Waals surface area contributed by atoms with E-state index in [2.05, 4.69) is 10.2 Å². The number of hydrogen-bond acceptors (Lipinski definition) is 5. The molecular weight excluding hydrogens is 208 g/mol. The van der Waals surface area contributed by atoms with Crippen LogP contribution in [0, 0.1) is 0 Å². The van der Waals surface area contributed by atoms with Crippen molar-refractivity contribution in [3.63, 3.8) is 0 Å². The number of rotatable bonds is 5. The van der Waals surface area contributed by atoms with E-state index in [0.29, 0.717) is 12.6 Å². The van der Waals surface area contributed by atoms with Crippen molar-refractivity contribution in [2.75, 3.05) is 41.0 Å². The minimum atomic E-state index is -0.661. The highest BCUT2D eigenvalue weighted by Crippen LogP contribution is 2.15. The van der Waals surface area contributed by atoms with Crippen molar-refractivity contribution < 1.29 is 14.3 Å². The Balaban J connectivity index is 2.57. The molecule has 1 saturated heterocycles. The van der Waals surface area contributed by atoms with Crippen molar-refractivity contribution in [1.82, 2.24) is 10.2 Å². The van der Waals surface area contributed by atoms with Gasteiger partial charge in [-0.25, -0.2) is 0 Å². The fraction of sp³-hybridized carbons (Fsp3) is 0.909. The largest absolute Gasteiger partial charge is 0.468 e. The third kappa shape index (κ3) is 2.93. The molecule has 0 aromatic heterocycles. The third-order valence-electron chi connectivity index (χ3n) is 3.28. The maximum Gasteiger partial charge on any atom is 0.327 e. The molecule has 0 bridgehead atoms. The first-order valence-corrected chi connectivity index (χ1v) is 5.59. The first kappa shape index (κ1) is 13.4. The number of methoxy groups -OCH3 is 1. The van der Waals surface area contributed by atoms with Gasteiger partial charge in [0, 0.05) is 19.2 Å². The van der Waals surface area contributed by atoms with Gasteiger partial charge < -0.3 is 14.8 Å². The van der Waals surface area contributed by atoms with E-state index in [9.17, 15) is 4.79 Å². The number of likely N-dealkylation sites (N-methyl/N-ethyl adjacent to an activating group) is 2. The van der Waals surface area contributed by atoms with E-state index in [4.69, 9.17) is 9.47 Å². The first-order valence-electron chi connectivity index (χ1n) is 5.59. The van der Waals surface area contributed by atoms with Gasteiger partial charge in [0.2, 0.25) is 0 Å². The Bertz CT molecular complexity index is 241. The maximum absolute atomic E-state index is 11.7. The summed E-state index contributed by atoms with van der Waals surface area (Å²) in [6, 6.07) is 0.400. The monoisotopic (exact) mass is 230 g/mol. The zero-order valence-corrected chi connectivity index (χ0v) is 10.6.